The molecule has 1 rings (SSSR count). The molecule has 1 unspecified atom stereocenters. The molecule has 0 saturated carbocycles. The highest BCUT2D eigenvalue weighted by molar-refractivity contribution is 7.14. The van der Waals surface area contributed by atoms with E-state index in [4.69, 9.17) is 11.1 Å². The van der Waals surface area contributed by atoms with Crippen LogP contribution in [0.2, 0.25) is 6.04 Å². The normalized spacial score (nSPS) is 13.2. The average molecular weight is 214 g/mol. The van der Waals surface area contributed by atoms with Gasteiger partial charge >= 0.3 is 0 Å². The fourth-order valence-electron chi connectivity index (χ4n) is 1.20. The van der Waals surface area contributed by atoms with Crippen molar-refractivity contribution in [1.29, 1.82) is 0 Å². The number of nitrogens with zero attached hydrogens (tertiary/aromatic N) is 1. The lowest BCUT2D eigenvalue weighted by atomic mass is 10.4. The molecule has 3 heteroatoms. The fourth-order valence-corrected chi connectivity index (χ4v) is 3.65. The predicted molar refractivity (Wildman–Crippen MR) is 62.4 cm³/mol. The van der Waals surface area contributed by atoms with E-state index in [1.54, 1.807) is 0 Å². The summed E-state index contributed by atoms with van der Waals surface area (Å²) in [6.07, 6.45) is 0. The quantitative estimate of drug-likeness (QED) is 0.540. The van der Waals surface area contributed by atoms with Gasteiger partial charge in [0.1, 0.15) is 0 Å². The van der Waals surface area contributed by atoms with Crippen LogP contribution in [0.1, 0.15) is 0 Å². The van der Waals surface area contributed by atoms with E-state index in [1.165, 1.54) is 5.19 Å². The summed E-state index contributed by atoms with van der Waals surface area (Å²) in [5.74, 6) is 0. The van der Waals surface area contributed by atoms with Gasteiger partial charge in [0.2, 0.25) is 0 Å². The molecule has 0 heterocycles. The van der Waals surface area contributed by atoms with E-state index in [-0.39, 0.29) is 0 Å². The number of hydrogen-bond donors (Lipinski definition) is 0. The van der Waals surface area contributed by atoms with Gasteiger partial charge in [-0.1, -0.05) is 30.3 Å². The minimum atomic E-state index is -1.19. The van der Waals surface area contributed by atoms with Crippen molar-refractivity contribution in [2.45, 2.75) is 6.04 Å². The largest absolute Gasteiger partial charge is 0.310 e. The van der Waals surface area contributed by atoms with Crippen molar-refractivity contribution in [2.75, 3.05) is 20.6 Å². The van der Waals surface area contributed by atoms with Gasteiger partial charge in [0.15, 0.2) is 8.11 Å². The molecule has 0 radical (unpaired) electrons. The third-order valence-corrected chi connectivity index (χ3v) is 5.27. The van der Waals surface area contributed by atoms with Crippen LogP contribution in [0, 0.1) is 0 Å². The summed E-state index contributed by atoms with van der Waals surface area (Å²) < 4.78 is 0. The van der Waals surface area contributed by atoms with Gasteiger partial charge in [0.25, 0.3) is 0 Å². The van der Waals surface area contributed by atoms with Gasteiger partial charge in [-0.05, 0) is 31.9 Å². The molecule has 0 fully saturated rings. The second-order valence-corrected chi connectivity index (χ2v) is 7.23. The summed E-state index contributed by atoms with van der Waals surface area (Å²) >= 11 is 6.36. The van der Waals surface area contributed by atoms with Crippen LogP contribution < -0.4 is 5.19 Å². The third kappa shape index (κ3) is 3.94. The lowest BCUT2D eigenvalue weighted by molar-refractivity contribution is 0.433. The van der Waals surface area contributed by atoms with Crippen LogP contribution in [-0.2, 0) is 0 Å². The Hall–Kier alpha value is -0.313. The maximum atomic E-state index is 6.36. The van der Waals surface area contributed by atoms with Crippen LogP contribution in [0.15, 0.2) is 30.3 Å². The molecule has 0 spiro atoms. The molecule has 1 aromatic rings. The first kappa shape index (κ1) is 10.8. The third-order valence-electron chi connectivity index (χ3n) is 1.99. The van der Waals surface area contributed by atoms with E-state index < -0.39 is 8.11 Å². The first-order valence-corrected chi connectivity index (χ1v) is 7.68. The Balaban J connectivity index is 2.44. The van der Waals surface area contributed by atoms with Crippen molar-refractivity contribution >= 4 is 24.4 Å². The predicted octanol–water partition coefficient (Wildman–Crippen LogP) is 1.42. The molecule has 0 aliphatic rings. The molecule has 1 atom stereocenters. The van der Waals surface area contributed by atoms with Gasteiger partial charge in [0.05, 0.1) is 0 Å². The topological polar surface area (TPSA) is 3.24 Å². The highest BCUT2D eigenvalue weighted by Crippen LogP contribution is 2.00. The molecular weight excluding hydrogens is 198 g/mol. The van der Waals surface area contributed by atoms with Crippen molar-refractivity contribution in [1.82, 2.24) is 4.90 Å². The minimum Gasteiger partial charge on any atom is -0.310 e. The second-order valence-electron chi connectivity index (χ2n) is 3.47. The van der Waals surface area contributed by atoms with Gasteiger partial charge in [-0.2, -0.15) is 11.1 Å². The number of rotatable bonds is 4. The summed E-state index contributed by atoms with van der Waals surface area (Å²) in [6, 6.07) is 11.6. The maximum absolute atomic E-state index is 6.36. The van der Waals surface area contributed by atoms with Crippen molar-refractivity contribution in [3.8, 4) is 0 Å². The lowest BCUT2D eigenvalue weighted by Gasteiger charge is -2.12. The smallest absolute Gasteiger partial charge is 0.172 e. The van der Waals surface area contributed by atoms with Crippen LogP contribution in [0.3, 0.4) is 0 Å². The van der Waals surface area contributed by atoms with Gasteiger partial charge in [-0.3, -0.25) is 0 Å². The molecule has 0 saturated heterocycles. The summed E-state index contributed by atoms with van der Waals surface area (Å²) in [5, 5.41) is 1.35. The highest BCUT2D eigenvalue weighted by Gasteiger charge is 2.09. The van der Waals surface area contributed by atoms with Crippen LogP contribution >= 0.6 is 11.1 Å². The Morgan fingerprint density at radius 1 is 1.23 bits per heavy atom. The molecule has 0 N–H and O–H groups in total. The zero-order chi connectivity index (χ0) is 9.68. The Bertz CT molecular complexity index is 238. The lowest BCUT2D eigenvalue weighted by Crippen LogP contribution is -2.28. The summed E-state index contributed by atoms with van der Waals surface area (Å²) in [5.41, 5.74) is 0. The van der Waals surface area contributed by atoms with E-state index in [2.05, 4.69) is 43.3 Å². The second kappa shape index (κ2) is 5.42. The van der Waals surface area contributed by atoms with Gasteiger partial charge in [-0.15, -0.1) is 0 Å². The monoisotopic (exact) mass is 213 g/mol. The van der Waals surface area contributed by atoms with Crippen LogP contribution in [0.4, 0.5) is 0 Å². The first-order valence-electron chi connectivity index (χ1n) is 4.54. The zero-order valence-electron chi connectivity index (χ0n) is 8.20. The highest BCUT2D eigenvalue weighted by atomic mass is 35.6. The molecule has 0 aliphatic carbocycles. The number of benzene rings is 1. The molecule has 0 bridgehead atoms. The van der Waals surface area contributed by atoms with E-state index in [1.807, 2.05) is 6.07 Å². The van der Waals surface area contributed by atoms with Crippen LogP contribution in [0.5, 0.6) is 0 Å². The maximum Gasteiger partial charge on any atom is 0.172 e. The Morgan fingerprint density at radius 2 is 1.85 bits per heavy atom. The molecule has 13 heavy (non-hydrogen) atoms. The van der Waals surface area contributed by atoms with E-state index >= 15 is 0 Å². The van der Waals surface area contributed by atoms with Gasteiger partial charge in [-0.25, -0.2) is 0 Å². The molecular formula is C10H16ClNSi. The van der Waals surface area contributed by atoms with E-state index in [0.29, 0.717) is 0 Å². The molecule has 0 amide bonds. The van der Waals surface area contributed by atoms with E-state index in [0.717, 1.165) is 12.6 Å². The Kier molecular flexibility index (Phi) is 4.49. The van der Waals surface area contributed by atoms with Crippen molar-refractivity contribution in [3.63, 3.8) is 0 Å². The zero-order valence-corrected chi connectivity index (χ0v) is 10.1. The van der Waals surface area contributed by atoms with Crippen molar-refractivity contribution in [2.24, 2.45) is 0 Å². The fraction of sp³-hybridized carbons (Fsp3) is 0.400. The average Bonchev–Trinajstić information content (AvgIpc) is 2.15. The van der Waals surface area contributed by atoms with E-state index in [9.17, 15) is 0 Å². The SMILES string of the molecule is CN(C)CC[SiH](Cl)c1ccccc1. The standard InChI is InChI=1S/C10H16ClNSi/c1-12(2)8-9-13(11)10-6-4-3-5-7-10/h3-7,13H,8-9H2,1-2H3. The summed E-state index contributed by atoms with van der Waals surface area (Å²) in [6.45, 7) is 1.09. The number of halogens is 1. The Morgan fingerprint density at radius 3 is 2.38 bits per heavy atom. The van der Waals surface area contributed by atoms with Crippen molar-refractivity contribution in [3.05, 3.63) is 30.3 Å². The van der Waals surface area contributed by atoms with Gasteiger partial charge in [0, 0.05) is 0 Å². The molecule has 0 aliphatic heterocycles. The molecule has 1 aromatic carbocycles. The summed E-state index contributed by atoms with van der Waals surface area (Å²) in [4.78, 5) is 2.19. The Labute approximate surface area is 86.6 Å². The van der Waals surface area contributed by atoms with Crippen LogP contribution in [0.25, 0.3) is 0 Å². The molecule has 72 valence electrons. The minimum absolute atomic E-state index is 1.09. The van der Waals surface area contributed by atoms with Gasteiger partial charge < -0.3 is 4.90 Å². The number of hydrogen-bond acceptors (Lipinski definition) is 1. The molecule has 0 aromatic heterocycles. The first-order chi connectivity index (χ1) is 6.20. The summed E-state index contributed by atoms with van der Waals surface area (Å²) in [7, 11) is 2.99. The molecule has 1 nitrogen and oxygen atoms in total. The van der Waals surface area contributed by atoms with Crippen LogP contribution in [-0.4, -0.2) is 33.6 Å². The van der Waals surface area contributed by atoms with Crippen molar-refractivity contribution < 1.29 is 0 Å².